The van der Waals surface area contributed by atoms with Crippen LogP contribution in [0, 0.1) is 0 Å². The topological polar surface area (TPSA) is 71.0 Å². The second kappa shape index (κ2) is 9.96. The Balaban J connectivity index is 1.46. The summed E-state index contributed by atoms with van der Waals surface area (Å²) in [5.41, 5.74) is 3.42. The van der Waals surface area contributed by atoms with E-state index in [1.807, 2.05) is 73.7 Å². The van der Waals surface area contributed by atoms with Gasteiger partial charge in [0.1, 0.15) is 0 Å². The molecule has 35 heavy (non-hydrogen) atoms. The Morgan fingerprint density at radius 3 is 2.74 bits per heavy atom. The molecule has 3 aromatic rings. The number of amidine groups is 1. The van der Waals surface area contributed by atoms with Crippen LogP contribution in [0.5, 0.6) is 0 Å². The van der Waals surface area contributed by atoms with E-state index in [2.05, 4.69) is 10.2 Å². The number of anilines is 1. The smallest absolute Gasteiger partial charge is 0.338 e. The van der Waals surface area contributed by atoms with Gasteiger partial charge in [0.2, 0.25) is 0 Å². The van der Waals surface area contributed by atoms with Crippen LogP contribution < -0.4 is 5.32 Å². The van der Waals surface area contributed by atoms with Crippen LogP contribution in [0.15, 0.2) is 83.0 Å². The van der Waals surface area contributed by atoms with E-state index in [1.165, 1.54) is 0 Å². The fourth-order valence-corrected chi connectivity index (χ4v) is 5.63. The maximum atomic E-state index is 13.1. The van der Waals surface area contributed by atoms with Crippen molar-refractivity contribution in [3.8, 4) is 0 Å². The largest absolute Gasteiger partial charge is 0.463 e. The number of fused-ring (bicyclic) bond motifs is 2. The number of benzene rings is 3. The van der Waals surface area contributed by atoms with E-state index in [9.17, 15) is 9.59 Å². The molecule has 0 bridgehead atoms. The van der Waals surface area contributed by atoms with E-state index in [0.717, 1.165) is 40.2 Å². The lowest BCUT2D eigenvalue weighted by Crippen LogP contribution is -2.42. The molecule has 0 aromatic heterocycles. The molecule has 0 radical (unpaired) electrons. The van der Waals surface area contributed by atoms with Crippen molar-refractivity contribution in [2.24, 2.45) is 4.99 Å². The van der Waals surface area contributed by atoms with Crippen LogP contribution in [0.3, 0.4) is 0 Å². The van der Waals surface area contributed by atoms with E-state index in [4.69, 9.17) is 9.73 Å². The first-order valence-corrected chi connectivity index (χ1v) is 12.8. The minimum absolute atomic E-state index is 0.176. The predicted octanol–water partition coefficient (Wildman–Crippen LogP) is 5.78. The zero-order valence-electron chi connectivity index (χ0n) is 19.8. The Morgan fingerprint density at radius 2 is 1.91 bits per heavy atom. The molecule has 3 aromatic carbocycles. The molecule has 1 saturated heterocycles. The molecule has 5 rings (SSSR count). The van der Waals surface area contributed by atoms with Gasteiger partial charge in [-0.05, 0) is 60.9 Å². The first-order chi connectivity index (χ1) is 17.0. The van der Waals surface area contributed by atoms with Gasteiger partial charge in [-0.15, -0.1) is 0 Å². The molecule has 1 unspecified atom stereocenters. The quantitative estimate of drug-likeness (QED) is 0.464. The number of ether oxygens (including phenoxy) is 1. The van der Waals surface area contributed by atoms with E-state index in [-0.39, 0.29) is 17.9 Å². The summed E-state index contributed by atoms with van der Waals surface area (Å²) >= 11 is 1.71. The molecule has 178 valence electrons. The Hall–Kier alpha value is -3.58. The van der Waals surface area contributed by atoms with Gasteiger partial charge in [0.05, 0.1) is 23.9 Å². The van der Waals surface area contributed by atoms with E-state index >= 15 is 0 Å². The van der Waals surface area contributed by atoms with Gasteiger partial charge in [0.25, 0.3) is 5.91 Å². The second-order valence-corrected chi connectivity index (χ2v) is 9.62. The van der Waals surface area contributed by atoms with Crippen molar-refractivity contribution in [1.82, 2.24) is 4.90 Å². The maximum Gasteiger partial charge on any atom is 0.338 e. The molecule has 7 heteroatoms. The maximum absolute atomic E-state index is 13.1. The standard InChI is InChI=1S/C28H27N3O3S/c1-3-34-27(33)24-18(2)29-28-31(14-7-15-35-28)25(24)21-10-6-11-23(17-21)30-26(32)22-13-12-19-8-4-5-9-20(19)16-22/h4-6,8-13,16-17,25H,3,7,14-15H2,1-2H3,(H,30,32). The second-order valence-electron chi connectivity index (χ2n) is 8.55. The zero-order chi connectivity index (χ0) is 24.4. The van der Waals surface area contributed by atoms with Crippen molar-refractivity contribution < 1.29 is 14.3 Å². The zero-order valence-corrected chi connectivity index (χ0v) is 20.6. The lowest BCUT2D eigenvalue weighted by atomic mass is 9.94. The number of hydrogen-bond acceptors (Lipinski definition) is 6. The normalized spacial score (nSPS) is 17.6. The number of aliphatic imine (C=N–C) groups is 1. The van der Waals surface area contributed by atoms with Crippen molar-refractivity contribution in [2.75, 3.05) is 24.2 Å². The molecule has 1 fully saturated rings. The average molecular weight is 486 g/mol. The summed E-state index contributed by atoms with van der Waals surface area (Å²) in [6.07, 6.45) is 1.01. The Labute approximate surface area is 209 Å². The molecule has 1 amide bonds. The lowest BCUT2D eigenvalue weighted by Gasteiger charge is -2.40. The number of nitrogens with zero attached hydrogens (tertiary/aromatic N) is 2. The molecule has 0 aliphatic carbocycles. The Bertz CT molecular complexity index is 1360. The minimum atomic E-state index is -0.348. The summed E-state index contributed by atoms with van der Waals surface area (Å²) in [6, 6.07) is 21.1. The molecule has 2 heterocycles. The van der Waals surface area contributed by atoms with Crippen LogP contribution in [-0.2, 0) is 9.53 Å². The highest BCUT2D eigenvalue weighted by molar-refractivity contribution is 8.13. The van der Waals surface area contributed by atoms with Crippen LogP contribution in [0.1, 0.15) is 42.2 Å². The van der Waals surface area contributed by atoms with E-state index < -0.39 is 0 Å². The van der Waals surface area contributed by atoms with Gasteiger partial charge in [-0.3, -0.25) is 4.79 Å². The van der Waals surface area contributed by atoms with E-state index in [0.29, 0.717) is 29.1 Å². The Kier molecular flexibility index (Phi) is 6.59. The summed E-state index contributed by atoms with van der Waals surface area (Å²) < 4.78 is 5.40. The number of thioether (sulfide) groups is 1. The van der Waals surface area contributed by atoms with Crippen molar-refractivity contribution in [3.05, 3.63) is 89.1 Å². The Morgan fingerprint density at radius 1 is 1.09 bits per heavy atom. The number of allylic oxidation sites excluding steroid dienone is 1. The summed E-state index contributed by atoms with van der Waals surface area (Å²) in [5, 5.41) is 6.07. The third-order valence-electron chi connectivity index (χ3n) is 6.23. The number of nitrogens with one attached hydrogen (secondary N) is 1. The van der Waals surface area contributed by atoms with Crippen molar-refractivity contribution in [1.29, 1.82) is 0 Å². The van der Waals surface area contributed by atoms with Crippen LogP contribution in [0.2, 0.25) is 0 Å². The molecule has 0 spiro atoms. The molecule has 2 aliphatic rings. The number of hydrogen-bond donors (Lipinski definition) is 1. The van der Waals surface area contributed by atoms with Crippen molar-refractivity contribution in [3.63, 3.8) is 0 Å². The van der Waals surface area contributed by atoms with Gasteiger partial charge in [-0.1, -0.05) is 54.2 Å². The molecular formula is C28H27N3O3S. The highest BCUT2D eigenvalue weighted by Crippen LogP contribution is 2.40. The minimum Gasteiger partial charge on any atom is -0.463 e. The van der Waals surface area contributed by atoms with Gasteiger partial charge in [0.15, 0.2) is 5.17 Å². The van der Waals surface area contributed by atoms with E-state index in [1.54, 1.807) is 18.7 Å². The molecule has 1 atom stereocenters. The predicted molar refractivity (Wildman–Crippen MR) is 142 cm³/mol. The monoisotopic (exact) mass is 485 g/mol. The molecular weight excluding hydrogens is 458 g/mol. The van der Waals surface area contributed by atoms with Gasteiger partial charge < -0.3 is 15.0 Å². The summed E-state index contributed by atoms with van der Waals surface area (Å²) in [6.45, 7) is 4.78. The first-order valence-electron chi connectivity index (χ1n) is 11.8. The van der Waals surface area contributed by atoms with Crippen LogP contribution >= 0.6 is 11.8 Å². The lowest BCUT2D eigenvalue weighted by molar-refractivity contribution is -0.139. The number of amides is 1. The fourth-order valence-electron chi connectivity index (χ4n) is 4.61. The molecule has 0 saturated carbocycles. The van der Waals surface area contributed by atoms with Gasteiger partial charge >= 0.3 is 5.97 Å². The SMILES string of the molecule is CCOC(=O)C1=C(C)N=C2SCCCN2C1c1cccc(NC(=O)c2ccc3ccccc3c2)c1. The summed E-state index contributed by atoms with van der Waals surface area (Å²) in [7, 11) is 0. The van der Waals surface area contributed by atoms with Gasteiger partial charge in [-0.25, -0.2) is 9.79 Å². The number of rotatable bonds is 5. The van der Waals surface area contributed by atoms with Crippen molar-refractivity contribution >= 4 is 45.3 Å². The third-order valence-corrected chi connectivity index (χ3v) is 7.30. The van der Waals surface area contributed by atoms with Crippen LogP contribution in [0.4, 0.5) is 5.69 Å². The number of carbonyl (C=O) groups excluding carboxylic acids is 2. The molecule has 6 nitrogen and oxygen atoms in total. The average Bonchev–Trinajstić information content (AvgIpc) is 2.87. The highest BCUT2D eigenvalue weighted by Gasteiger charge is 2.38. The fraction of sp³-hybridized carbons (Fsp3) is 0.250. The highest BCUT2D eigenvalue weighted by atomic mass is 32.2. The third kappa shape index (κ3) is 4.68. The van der Waals surface area contributed by atoms with Crippen LogP contribution in [-0.4, -0.2) is 40.8 Å². The summed E-state index contributed by atoms with van der Waals surface area (Å²) in [5.74, 6) is 0.481. The first kappa shape index (κ1) is 23.2. The van der Waals surface area contributed by atoms with Crippen LogP contribution in [0.25, 0.3) is 10.8 Å². The number of esters is 1. The van der Waals surface area contributed by atoms with Crippen molar-refractivity contribution in [2.45, 2.75) is 26.3 Å². The van der Waals surface area contributed by atoms with Gasteiger partial charge in [-0.2, -0.15) is 0 Å². The molecule has 1 N–H and O–H groups in total. The summed E-state index contributed by atoms with van der Waals surface area (Å²) in [4.78, 5) is 32.9. The van der Waals surface area contributed by atoms with Gasteiger partial charge in [0, 0.05) is 23.5 Å². The number of carbonyl (C=O) groups is 2. The molecule has 2 aliphatic heterocycles.